The van der Waals surface area contributed by atoms with E-state index in [1.165, 1.54) is 12.1 Å². The van der Waals surface area contributed by atoms with Crippen LogP contribution in [-0.4, -0.2) is 49.9 Å². The van der Waals surface area contributed by atoms with Crippen LogP contribution < -0.4 is 15.0 Å². The van der Waals surface area contributed by atoms with Gasteiger partial charge in [-0.25, -0.2) is 4.79 Å². The van der Waals surface area contributed by atoms with Crippen molar-refractivity contribution in [1.82, 2.24) is 5.32 Å². The highest BCUT2D eigenvalue weighted by Crippen LogP contribution is 2.21. The molecule has 156 valence electrons. The van der Waals surface area contributed by atoms with Crippen LogP contribution in [0.25, 0.3) is 0 Å². The first-order valence-corrected chi connectivity index (χ1v) is 9.10. The molecule has 2 N–H and O–H groups in total. The van der Waals surface area contributed by atoms with Crippen LogP contribution in [0.1, 0.15) is 28.9 Å². The van der Waals surface area contributed by atoms with Gasteiger partial charge < -0.3 is 24.8 Å². The zero-order valence-corrected chi connectivity index (χ0v) is 17.1. The van der Waals surface area contributed by atoms with Crippen LogP contribution in [-0.2, 0) is 9.53 Å². The molecular formula is C21H25ClN2O5. The molecule has 2 atom stereocenters. The van der Waals surface area contributed by atoms with Crippen molar-refractivity contribution < 1.29 is 24.2 Å². The van der Waals surface area contributed by atoms with Crippen molar-refractivity contribution in [2.75, 3.05) is 31.7 Å². The molecule has 1 unspecified atom stereocenters. The molecule has 0 bridgehead atoms. The van der Waals surface area contributed by atoms with Crippen LogP contribution >= 0.6 is 12.4 Å². The minimum atomic E-state index is -0.992. The number of benzene rings is 2. The number of carboxylic acids is 1. The average Bonchev–Trinajstić information content (AvgIpc) is 2.73. The quantitative estimate of drug-likeness (QED) is 0.716. The summed E-state index contributed by atoms with van der Waals surface area (Å²) >= 11 is 0. The van der Waals surface area contributed by atoms with E-state index in [1.807, 2.05) is 24.3 Å². The van der Waals surface area contributed by atoms with E-state index in [0.29, 0.717) is 18.8 Å². The van der Waals surface area contributed by atoms with Crippen molar-refractivity contribution in [3.8, 4) is 5.75 Å². The van der Waals surface area contributed by atoms with Crippen LogP contribution in [0.3, 0.4) is 0 Å². The zero-order valence-electron chi connectivity index (χ0n) is 16.3. The van der Waals surface area contributed by atoms with Gasteiger partial charge in [0.05, 0.1) is 25.3 Å². The Kier molecular flexibility index (Phi) is 8.01. The van der Waals surface area contributed by atoms with Crippen molar-refractivity contribution >= 4 is 30.0 Å². The first-order chi connectivity index (χ1) is 13.5. The number of halogens is 1. The minimum absolute atomic E-state index is 0. The molecule has 8 heteroatoms. The monoisotopic (exact) mass is 420 g/mol. The van der Waals surface area contributed by atoms with E-state index >= 15 is 0 Å². The van der Waals surface area contributed by atoms with E-state index in [2.05, 4.69) is 12.2 Å². The molecule has 1 aliphatic heterocycles. The van der Waals surface area contributed by atoms with E-state index in [4.69, 9.17) is 14.6 Å². The Balaban J connectivity index is 0.00000300. The first kappa shape index (κ1) is 22.7. The zero-order chi connectivity index (χ0) is 20.1. The predicted molar refractivity (Wildman–Crippen MR) is 112 cm³/mol. The lowest BCUT2D eigenvalue weighted by molar-refractivity contribution is -0.129. The van der Waals surface area contributed by atoms with Gasteiger partial charge in [0.2, 0.25) is 0 Å². The van der Waals surface area contributed by atoms with E-state index < -0.39 is 5.97 Å². The number of anilines is 1. The van der Waals surface area contributed by atoms with Crippen LogP contribution in [0.4, 0.5) is 5.69 Å². The van der Waals surface area contributed by atoms with Gasteiger partial charge in [-0.2, -0.15) is 0 Å². The lowest BCUT2D eigenvalue weighted by atomic mass is 10.1. The second-order valence-corrected chi connectivity index (χ2v) is 6.70. The summed E-state index contributed by atoms with van der Waals surface area (Å²) in [5.74, 6) is -0.324. The molecule has 0 aliphatic carbocycles. The normalized spacial score (nSPS) is 17.4. The molecule has 0 spiro atoms. The van der Waals surface area contributed by atoms with E-state index in [0.717, 1.165) is 11.3 Å². The molecule has 7 nitrogen and oxygen atoms in total. The third-order valence-corrected chi connectivity index (χ3v) is 4.80. The molecule has 0 aromatic heterocycles. The molecule has 1 amide bonds. The smallest absolute Gasteiger partial charge is 0.335 e. The molecule has 1 fully saturated rings. The van der Waals surface area contributed by atoms with Crippen LogP contribution in [0, 0.1) is 0 Å². The van der Waals surface area contributed by atoms with Gasteiger partial charge in [0.1, 0.15) is 12.4 Å². The second kappa shape index (κ2) is 10.2. The van der Waals surface area contributed by atoms with Gasteiger partial charge in [0, 0.05) is 18.3 Å². The topological polar surface area (TPSA) is 88.1 Å². The van der Waals surface area contributed by atoms with Crippen LogP contribution in [0.5, 0.6) is 5.75 Å². The van der Waals surface area contributed by atoms with Crippen molar-refractivity contribution in [2.24, 2.45) is 0 Å². The summed E-state index contributed by atoms with van der Waals surface area (Å²) < 4.78 is 10.9. The number of nitrogens with one attached hydrogen (secondary N) is 1. The van der Waals surface area contributed by atoms with Gasteiger partial charge >= 0.3 is 5.97 Å². The number of ether oxygens (including phenoxy) is 2. The van der Waals surface area contributed by atoms with Gasteiger partial charge in [0.25, 0.3) is 5.91 Å². The fourth-order valence-electron chi connectivity index (χ4n) is 3.12. The number of carbonyl (C=O) groups is 2. The second-order valence-electron chi connectivity index (χ2n) is 6.70. The van der Waals surface area contributed by atoms with E-state index in [-0.39, 0.29) is 42.6 Å². The summed E-state index contributed by atoms with van der Waals surface area (Å²) in [6, 6.07) is 14.3. The lowest BCUT2D eigenvalue weighted by Gasteiger charge is -2.33. The standard InChI is InChI=1S/C21H24N2O5.ClH/c1-14(16-4-3-5-18(10-16)27-2)22-11-19-12-23(20(24)13-28-19)17-8-6-15(7-9-17)21(25)26;/h3-10,14,19,22H,11-13H2,1-2H3,(H,25,26);1H/t14-,19?;/m1./s1. The summed E-state index contributed by atoms with van der Waals surface area (Å²) in [6.45, 7) is 3.05. The summed E-state index contributed by atoms with van der Waals surface area (Å²) in [5, 5.41) is 12.4. The number of carboxylic acid groups (broad SMARTS) is 1. The number of carbonyl (C=O) groups excluding carboxylic acids is 1. The Bertz CT molecular complexity index is 843. The average molecular weight is 421 g/mol. The Morgan fingerprint density at radius 3 is 2.69 bits per heavy atom. The summed E-state index contributed by atoms with van der Waals surface area (Å²) in [4.78, 5) is 24.9. The molecule has 0 radical (unpaired) electrons. The van der Waals surface area contributed by atoms with E-state index in [1.54, 1.807) is 24.1 Å². The maximum atomic E-state index is 12.2. The molecule has 3 rings (SSSR count). The van der Waals surface area contributed by atoms with Crippen molar-refractivity contribution in [3.05, 3.63) is 59.7 Å². The SMILES string of the molecule is COc1cccc([C@@H](C)NCC2CN(c3ccc(C(=O)O)cc3)C(=O)CO2)c1.Cl. The van der Waals surface area contributed by atoms with Crippen molar-refractivity contribution in [2.45, 2.75) is 19.1 Å². The third kappa shape index (κ3) is 5.69. The highest BCUT2D eigenvalue weighted by molar-refractivity contribution is 5.95. The van der Waals surface area contributed by atoms with Gasteiger partial charge in [-0.3, -0.25) is 4.79 Å². The summed E-state index contributed by atoms with van der Waals surface area (Å²) in [5.41, 5.74) is 1.96. The van der Waals surface area contributed by atoms with Gasteiger partial charge in [-0.1, -0.05) is 12.1 Å². The lowest BCUT2D eigenvalue weighted by Crippen LogP contribution is -2.50. The molecular weight excluding hydrogens is 396 g/mol. The Labute approximate surface area is 176 Å². The van der Waals surface area contributed by atoms with Gasteiger partial charge in [0.15, 0.2) is 0 Å². The molecule has 1 aliphatic rings. The highest BCUT2D eigenvalue weighted by Gasteiger charge is 2.27. The Hall–Kier alpha value is -2.61. The number of morpholine rings is 1. The van der Waals surface area contributed by atoms with Crippen molar-refractivity contribution in [1.29, 1.82) is 0 Å². The number of rotatable bonds is 7. The van der Waals surface area contributed by atoms with Gasteiger partial charge in [-0.15, -0.1) is 12.4 Å². The fourth-order valence-corrected chi connectivity index (χ4v) is 3.12. The molecule has 1 heterocycles. The van der Waals surface area contributed by atoms with Crippen LogP contribution in [0.2, 0.25) is 0 Å². The van der Waals surface area contributed by atoms with Crippen molar-refractivity contribution in [3.63, 3.8) is 0 Å². The Morgan fingerprint density at radius 1 is 1.31 bits per heavy atom. The fraction of sp³-hybridized carbons (Fsp3) is 0.333. The third-order valence-electron chi connectivity index (χ3n) is 4.80. The minimum Gasteiger partial charge on any atom is -0.497 e. The molecule has 0 saturated carbocycles. The number of methoxy groups -OCH3 is 1. The van der Waals surface area contributed by atoms with E-state index in [9.17, 15) is 9.59 Å². The number of amides is 1. The summed E-state index contributed by atoms with van der Waals surface area (Å²) in [6.07, 6.45) is -0.162. The number of hydrogen-bond acceptors (Lipinski definition) is 5. The number of nitrogens with zero attached hydrogens (tertiary/aromatic N) is 1. The summed E-state index contributed by atoms with van der Waals surface area (Å²) in [7, 11) is 1.64. The number of aromatic carboxylic acids is 1. The molecule has 1 saturated heterocycles. The maximum Gasteiger partial charge on any atom is 0.335 e. The largest absolute Gasteiger partial charge is 0.497 e. The molecule has 2 aromatic rings. The Morgan fingerprint density at radius 2 is 2.03 bits per heavy atom. The maximum absolute atomic E-state index is 12.2. The van der Waals surface area contributed by atoms with Gasteiger partial charge in [-0.05, 0) is 48.9 Å². The number of hydrogen-bond donors (Lipinski definition) is 2. The van der Waals surface area contributed by atoms with Crippen LogP contribution in [0.15, 0.2) is 48.5 Å². The molecule has 2 aromatic carbocycles. The predicted octanol–water partition coefficient (Wildman–Crippen LogP) is 2.90. The highest BCUT2D eigenvalue weighted by atomic mass is 35.5. The first-order valence-electron chi connectivity index (χ1n) is 9.10. The molecule has 29 heavy (non-hydrogen) atoms.